The van der Waals surface area contributed by atoms with E-state index < -0.39 is 0 Å². The Bertz CT molecular complexity index is 290. The van der Waals surface area contributed by atoms with E-state index in [9.17, 15) is 0 Å². The summed E-state index contributed by atoms with van der Waals surface area (Å²) in [6.45, 7) is 3.27. The lowest BCUT2D eigenvalue weighted by Crippen LogP contribution is -2.38. The highest BCUT2D eigenvalue weighted by Gasteiger charge is 2.39. The van der Waals surface area contributed by atoms with Gasteiger partial charge in [0, 0.05) is 23.0 Å². The van der Waals surface area contributed by atoms with Crippen molar-refractivity contribution in [3.8, 4) is 0 Å². The second-order valence-electron chi connectivity index (χ2n) is 4.47. The normalized spacial score (nSPS) is 21.1. The van der Waals surface area contributed by atoms with E-state index in [0.717, 1.165) is 6.54 Å². The van der Waals surface area contributed by atoms with Gasteiger partial charge >= 0.3 is 0 Å². The van der Waals surface area contributed by atoms with Crippen LogP contribution in [0.1, 0.15) is 30.7 Å². The average Bonchev–Trinajstić information content (AvgIpc) is 2.72. The van der Waals surface area contributed by atoms with Crippen LogP contribution in [0.25, 0.3) is 0 Å². The molecule has 1 aliphatic carbocycles. The average molecular weight is 210 g/mol. The Labute approximate surface area is 89.7 Å². The van der Waals surface area contributed by atoms with Gasteiger partial charge in [0.1, 0.15) is 0 Å². The summed E-state index contributed by atoms with van der Waals surface area (Å²) in [7, 11) is 2.16. The molecule has 0 amide bonds. The topological polar surface area (TPSA) is 29.3 Å². The van der Waals surface area contributed by atoms with Crippen LogP contribution in [0, 0.1) is 0 Å². The van der Waals surface area contributed by atoms with E-state index in [1.54, 1.807) is 0 Å². The van der Waals surface area contributed by atoms with Gasteiger partial charge in [-0.15, -0.1) is 11.3 Å². The largest absolute Gasteiger partial charge is 0.324 e. The number of rotatable bonds is 4. The predicted octanol–water partition coefficient (Wildman–Crippen LogP) is 2.23. The fourth-order valence-corrected chi connectivity index (χ4v) is 2.55. The van der Waals surface area contributed by atoms with Gasteiger partial charge in [-0.1, -0.05) is 6.07 Å². The smallest absolute Gasteiger partial charge is 0.0411 e. The van der Waals surface area contributed by atoms with E-state index in [2.05, 4.69) is 36.4 Å². The zero-order chi connectivity index (χ0) is 10.2. The minimum absolute atomic E-state index is 0.125. The van der Waals surface area contributed by atoms with Crippen LogP contribution in [0.4, 0.5) is 0 Å². The summed E-state index contributed by atoms with van der Waals surface area (Å²) < 4.78 is 0. The first kappa shape index (κ1) is 10.1. The Morgan fingerprint density at radius 1 is 1.64 bits per heavy atom. The molecule has 0 spiro atoms. The molecular formula is C11H18N2S. The summed E-state index contributed by atoms with van der Waals surface area (Å²) in [5.74, 6) is 0. The van der Waals surface area contributed by atoms with Gasteiger partial charge in [-0.2, -0.15) is 0 Å². The fourth-order valence-electron chi connectivity index (χ4n) is 1.70. The molecule has 1 unspecified atom stereocenters. The molecule has 0 aliphatic heterocycles. The van der Waals surface area contributed by atoms with E-state index in [4.69, 9.17) is 5.73 Å². The van der Waals surface area contributed by atoms with E-state index >= 15 is 0 Å². The molecule has 1 saturated carbocycles. The highest BCUT2D eigenvalue weighted by molar-refractivity contribution is 7.10. The molecule has 0 saturated heterocycles. The molecular weight excluding hydrogens is 192 g/mol. The molecule has 3 heteroatoms. The van der Waals surface area contributed by atoms with Gasteiger partial charge in [0.05, 0.1) is 0 Å². The molecule has 1 fully saturated rings. The molecule has 1 aromatic heterocycles. The standard InChI is InChI=1S/C11H18N2S/c1-9(10-4-3-7-14-10)13(2)8-11(12)5-6-11/h3-4,7,9H,5-6,8,12H2,1-2H3. The maximum Gasteiger partial charge on any atom is 0.0411 e. The first-order valence-corrected chi connectivity index (χ1v) is 6.01. The molecule has 0 radical (unpaired) electrons. The van der Waals surface area contributed by atoms with Crippen LogP contribution in [0.2, 0.25) is 0 Å². The SMILES string of the molecule is CC(c1cccs1)N(C)CC1(N)CC1. The van der Waals surface area contributed by atoms with Crippen LogP contribution in [-0.2, 0) is 0 Å². The molecule has 1 aromatic rings. The van der Waals surface area contributed by atoms with E-state index in [1.807, 2.05) is 11.3 Å². The third-order valence-electron chi connectivity index (χ3n) is 3.07. The van der Waals surface area contributed by atoms with Gasteiger partial charge in [-0.25, -0.2) is 0 Å². The van der Waals surface area contributed by atoms with Crippen LogP contribution in [0.5, 0.6) is 0 Å². The maximum absolute atomic E-state index is 6.10. The maximum atomic E-state index is 6.10. The second kappa shape index (κ2) is 3.65. The minimum atomic E-state index is 0.125. The molecule has 1 atom stereocenters. The van der Waals surface area contributed by atoms with Gasteiger partial charge in [-0.05, 0) is 38.3 Å². The molecule has 0 aromatic carbocycles. The van der Waals surface area contributed by atoms with Crippen molar-refractivity contribution in [3.05, 3.63) is 22.4 Å². The lowest BCUT2D eigenvalue weighted by molar-refractivity contribution is 0.242. The van der Waals surface area contributed by atoms with Crippen molar-refractivity contribution in [2.75, 3.05) is 13.6 Å². The van der Waals surface area contributed by atoms with Crippen molar-refractivity contribution in [2.24, 2.45) is 5.73 Å². The Hall–Kier alpha value is -0.380. The Kier molecular flexibility index (Phi) is 2.64. The lowest BCUT2D eigenvalue weighted by atomic mass is 10.2. The number of thiophene rings is 1. The minimum Gasteiger partial charge on any atom is -0.324 e. The van der Waals surface area contributed by atoms with Crippen molar-refractivity contribution in [1.29, 1.82) is 0 Å². The lowest BCUT2D eigenvalue weighted by Gasteiger charge is -2.26. The van der Waals surface area contributed by atoms with E-state index in [0.29, 0.717) is 6.04 Å². The van der Waals surface area contributed by atoms with Crippen LogP contribution < -0.4 is 5.73 Å². The van der Waals surface area contributed by atoms with Gasteiger partial charge < -0.3 is 5.73 Å². The summed E-state index contributed by atoms with van der Waals surface area (Å²) in [6, 6.07) is 4.80. The molecule has 2 rings (SSSR count). The third kappa shape index (κ3) is 2.16. The molecule has 14 heavy (non-hydrogen) atoms. The summed E-state index contributed by atoms with van der Waals surface area (Å²) in [5, 5.41) is 2.13. The van der Waals surface area contributed by atoms with Crippen LogP contribution in [0.3, 0.4) is 0 Å². The van der Waals surface area contributed by atoms with Crippen LogP contribution in [-0.4, -0.2) is 24.0 Å². The highest BCUT2D eigenvalue weighted by Crippen LogP contribution is 2.35. The van der Waals surface area contributed by atoms with Crippen molar-refractivity contribution in [1.82, 2.24) is 4.90 Å². The van der Waals surface area contributed by atoms with Crippen LogP contribution in [0.15, 0.2) is 17.5 Å². The predicted molar refractivity (Wildman–Crippen MR) is 61.5 cm³/mol. The van der Waals surface area contributed by atoms with Gasteiger partial charge in [0.25, 0.3) is 0 Å². The van der Waals surface area contributed by atoms with Crippen LogP contribution >= 0.6 is 11.3 Å². The Morgan fingerprint density at radius 2 is 2.36 bits per heavy atom. The van der Waals surface area contributed by atoms with E-state index in [-0.39, 0.29) is 5.54 Å². The summed E-state index contributed by atoms with van der Waals surface area (Å²) in [5.41, 5.74) is 6.23. The Morgan fingerprint density at radius 3 is 2.86 bits per heavy atom. The number of hydrogen-bond acceptors (Lipinski definition) is 3. The molecule has 0 bridgehead atoms. The van der Waals surface area contributed by atoms with Crippen molar-refractivity contribution in [3.63, 3.8) is 0 Å². The third-order valence-corrected chi connectivity index (χ3v) is 4.12. The Balaban J connectivity index is 1.94. The number of nitrogens with two attached hydrogens (primary N) is 1. The first-order chi connectivity index (χ1) is 6.61. The second-order valence-corrected chi connectivity index (χ2v) is 5.45. The van der Waals surface area contributed by atoms with E-state index in [1.165, 1.54) is 17.7 Å². The zero-order valence-electron chi connectivity index (χ0n) is 8.86. The number of likely N-dealkylation sites (N-methyl/N-ethyl adjacent to an activating group) is 1. The molecule has 1 heterocycles. The quantitative estimate of drug-likeness (QED) is 0.825. The highest BCUT2D eigenvalue weighted by atomic mass is 32.1. The zero-order valence-corrected chi connectivity index (χ0v) is 9.68. The first-order valence-electron chi connectivity index (χ1n) is 5.13. The summed E-state index contributed by atoms with van der Waals surface area (Å²) in [4.78, 5) is 3.79. The molecule has 2 nitrogen and oxygen atoms in total. The molecule has 1 aliphatic rings. The molecule has 78 valence electrons. The van der Waals surface area contributed by atoms with Gasteiger partial charge in [-0.3, -0.25) is 4.90 Å². The van der Waals surface area contributed by atoms with Crippen molar-refractivity contribution >= 4 is 11.3 Å². The van der Waals surface area contributed by atoms with Crippen molar-refractivity contribution in [2.45, 2.75) is 31.3 Å². The summed E-state index contributed by atoms with van der Waals surface area (Å²) >= 11 is 1.82. The van der Waals surface area contributed by atoms with Gasteiger partial charge in [0.2, 0.25) is 0 Å². The number of hydrogen-bond donors (Lipinski definition) is 1. The van der Waals surface area contributed by atoms with Crippen molar-refractivity contribution < 1.29 is 0 Å². The summed E-state index contributed by atoms with van der Waals surface area (Å²) in [6.07, 6.45) is 2.38. The van der Waals surface area contributed by atoms with Gasteiger partial charge in [0.15, 0.2) is 0 Å². The molecule has 2 N–H and O–H groups in total. The number of nitrogens with zero attached hydrogens (tertiary/aromatic N) is 1. The monoisotopic (exact) mass is 210 g/mol. The fraction of sp³-hybridized carbons (Fsp3) is 0.636.